The Morgan fingerprint density at radius 2 is 1.89 bits per heavy atom. The van der Waals surface area contributed by atoms with Gasteiger partial charge in [0.1, 0.15) is 11.5 Å². The highest BCUT2D eigenvalue weighted by Crippen LogP contribution is 2.41. The Kier molecular flexibility index (Phi) is 4.70. The minimum Gasteiger partial charge on any atom is -0.496 e. The Morgan fingerprint density at radius 3 is 2.53 bits per heavy atom. The molecule has 0 bridgehead atoms. The van der Waals surface area contributed by atoms with E-state index in [1.807, 2.05) is 12.1 Å². The molecule has 1 N–H and O–H groups in total. The third kappa shape index (κ3) is 2.86. The third-order valence-electron chi connectivity index (χ3n) is 4.04. The third-order valence-corrected chi connectivity index (χ3v) is 4.04. The highest BCUT2D eigenvalue weighted by atomic mass is 16.5. The Bertz CT molecular complexity index is 431. The van der Waals surface area contributed by atoms with Crippen molar-refractivity contribution < 1.29 is 9.47 Å². The molecule has 2 unspecified atom stereocenters. The van der Waals surface area contributed by atoms with Crippen molar-refractivity contribution in [3.05, 3.63) is 23.3 Å². The highest BCUT2D eigenvalue weighted by Gasteiger charge is 2.27. The molecule has 0 fully saturated rings. The Morgan fingerprint density at radius 1 is 1.21 bits per heavy atom. The van der Waals surface area contributed by atoms with Gasteiger partial charge < -0.3 is 14.8 Å². The van der Waals surface area contributed by atoms with Crippen molar-refractivity contribution in [1.82, 2.24) is 5.32 Å². The topological polar surface area (TPSA) is 30.5 Å². The summed E-state index contributed by atoms with van der Waals surface area (Å²) in [6.07, 6.45) is 3.43. The van der Waals surface area contributed by atoms with E-state index in [0.717, 1.165) is 30.9 Å². The van der Waals surface area contributed by atoms with E-state index in [1.54, 1.807) is 14.2 Å². The van der Waals surface area contributed by atoms with Crippen LogP contribution in [-0.4, -0.2) is 20.8 Å². The van der Waals surface area contributed by atoms with Gasteiger partial charge in [-0.25, -0.2) is 0 Å². The normalized spacial score (nSPS) is 22.5. The maximum atomic E-state index is 5.58. The molecule has 0 saturated heterocycles. The summed E-state index contributed by atoms with van der Waals surface area (Å²) in [4.78, 5) is 0. The van der Waals surface area contributed by atoms with Crippen LogP contribution in [0.5, 0.6) is 11.5 Å². The number of rotatable bonds is 4. The molecule has 0 radical (unpaired) electrons. The van der Waals surface area contributed by atoms with Gasteiger partial charge in [0.25, 0.3) is 0 Å². The summed E-state index contributed by atoms with van der Waals surface area (Å²) in [5.74, 6) is 2.69. The van der Waals surface area contributed by atoms with Gasteiger partial charge in [-0.05, 0) is 43.9 Å². The van der Waals surface area contributed by atoms with E-state index in [9.17, 15) is 0 Å². The predicted molar refractivity (Wildman–Crippen MR) is 78.1 cm³/mol. The smallest absolute Gasteiger partial charge is 0.124 e. The number of benzene rings is 1. The quantitative estimate of drug-likeness (QED) is 0.845. The molecule has 1 aliphatic rings. The molecule has 1 aliphatic carbocycles. The van der Waals surface area contributed by atoms with Gasteiger partial charge in [0, 0.05) is 17.2 Å². The van der Waals surface area contributed by atoms with Crippen molar-refractivity contribution >= 4 is 0 Å². The predicted octanol–water partition coefficient (Wildman–Crippen LogP) is 3.33. The summed E-state index contributed by atoms with van der Waals surface area (Å²) < 4.78 is 11.1. The highest BCUT2D eigenvalue weighted by molar-refractivity contribution is 5.51. The summed E-state index contributed by atoms with van der Waals surface area (Å²) in [6.45, 7) is 5.45. The van der Waals surface area contributed by atoms with E-state index in [1.165, 1.54) is 17.5 Å². The zero-order valence-corrected chi connectivity index (χ0v) is 12.5. The van der Waals surface area contributed by atoms with Crippen LogP contribution in [0.3, 0.4) is 0 Å². The summed E-state index contributed by atoms with van der Waals surface area (Å²) in [5.41, 5.74) is 2.62. The van der Waals surface area contributed by atoms with Gasteiger partial charge in [0.15, 0.2) is 0 Å². The molecule has 0 heterocycles. The lowest BCUT2D eigenvalue weighted by Gasteiger charge is -2.23. The average molecular weight is 263 g/mol. The van der Waals surface area contributed by atoms with Crippen LogP contribution < -0.4 is 14.8 Å². The molecular weight excluding hydrogens is 238 g/mol. The first-order chi connectivity index (χ1) is 9.21. The molecule has 2 rings (SSSR count). The summed E-state index contributed by atoms with van der Waals surface area (Å²) in [5, 5.41) is 3.60. The first kappa shape index (κ1) is 14.2. The first-order valence-electron chi connectivity index (χ1n) is 7.18. The van der Waals surface area contributed by atoms with E-state index in [-0.39, 0.29) is 0 Å². The fourth-order valence-corrected chi connectivity index (χ4v) is 3.09. The lowest BCUT2D eigenvalue weighted by Crippen LogP contribution is -2.23. The molecule has 0 spiro atoms. The van der Waals surface area contributed by atoms with E-state index < -0.39 is 0 Å². The zero-order chi connectivity index (χ0) is 13.8. The van der Waals surface area contributed by atoms with Crippen molar-refractivity contribution in [2.45, 2.75) is 39.2 Å². The number of hydrogen-bond acceptors (Lipinski definition) is 3. The first-order valence-corrected chi connectivity index (χ1v) is 7.18. The molecule has 19 heavy (non-hydrogen) atoms. The molecule has 0 aromatic heterocycles. The van der Waals surface area contributed by atoms with E-state index in [2.05, 4.69) is 19.2 Å². The van der Waals surface area contributed by atoms with Crippen LogP contribution in [0.1, 0.15) is 43.9 Å². The SMILES string of the molecule is CCNC1CC(C)CCc2c(OC)ccc(OC)c21. The van der Waals surface area contributed by atoms with Gasteiger partial charge in [0.2, 0.25) is 0 Å². The zero-order valence-electron chi connectivity index (χ0n) is 12.5. The van der Waals surface area contributed by atoms with Crippen LogP contribution >= 0.6 is 0 Å². The largest absolute Gasteiger partial charge is 0.496 e. The fourth-order valence-electron chi connectivity index (χ4n) is 3.09. The van der Waals surface area contributed by atoms with Gasteiger partial charge in [-0.1, -0.05) is 13.8 Å². The Hall–Kier alpha value is -1.22. The molecule has 0 saturated carbocycles. The second-order valence-corrected chi connectivity index (χ2v) is 5.35. The maximum Gasteiger partial charge on any atom is 0.124 e. The second kappa shape index (κ2) is 6.29. The monoisotopic (exact) mass is 263 g/mol. The second-order valence-electron chi connectivity index (χ2n) is 5.35. The van der Waals surface area contributed by atoms with E-state index in [4.69, 9.17) is 9.47 Å². The summed E-state index contributed by atoms with van der Waals surface area (Å²) in [6, 6.07) is 4.41. The van der Waals surface area contributed by atoms with Crippen molar-refractivity contribution in [1.29, 1.82) is 0 Å². The minimum atomic E-state index is 0.363. The van der Waals surface area contributed by atoms with Crippen LogP contribution in [0.15, 0.2) is 12.1 Å². The van der Waals surface area contributed by atoms with Gasteiger partial charge in [-0.3, -0.25) is 0 Å². The average Bonchev–Trinajstić information content (AvgIpc) is 2.58. The summed E-state index contributed by atoms with van der Waals surface area (Å²) >= 11 is 0. The molecule has 106 valence electrons. The van der Waals surface area contributed by atoms with Gasteiger partial charge in [-0.2, -0.15) is 0 Å². The van der Waals surface area contributed by atoms with Crippen molar-refractivity contribution in [2.75, 3.05) is 20.8 Å². The van der Waals surface area contributed by atoms with Gasteiger partial charge >= 0.3 is 0 Å². The van der Waals surface area contributed by atoms with Crippen molar-refractivity contribution in [2.24, 2.45) is 5.92 Å². The molecular formula is C16H25NO2. The number of ether oxygens (including phenoxy) is 2. The molecule has 0 aliphatic heterocycles. The fraction of sp³-hybridized carbons (Fsp3) is 0.625. The van der Waals surface area contributed by atoms with Crippen LogP contribution in [0.4, 0.5) is 0 Å². The molecule has 0 amide bonds. The molecule has 3 nitrogen and oxygen atoms in total. The van der Waals surface area contributed by atoms with Crippen molar-refractivity contribution in [3.63, 3.8) is 0 Å². The summed E-state index contributed by atoms with van der Waals surface area (Å²) in [7, 11) is 3.50. The Balaban J connectivity index is 2.52. The van der Waals surface area contributed by atoms with Crippen LogP contribution in [0.25, 0.3) is 0 Å². The molecule has 1 aromatic rings. The van der Waals surface area contributed by atoms with E-state index >= 15 is 0 Å². The Labute approximate surface area is 116 Å². The minimum absolute atomic E-state index is 0.363. The van der Waals surface area contributed by atoms with Crippen LogP contribution in [-0.2, 0) is 6.42 Å². The standard InChI is InChI=1S/C16H25NO2/c1-5-17-13-10-11(2)6-7-12-14(18-3)8-9-15(19-4)16(12)13/h8-9,11,13,17H,5-7,10H2,1-4H3. The van der Waals surface area contributed by atoms with Gasteiger partial charge in [-0.15, -0.1) is 0 Å². The van der Waals surface area contributed by atoms with E-state index in [0.29, 0.717) is 12.0 Å². The number of methoxy groups -OCH3 is 2. The van der Waals surface area contributed by atoms with Crippen molar-refractivity contribution in [3.8, 4) is 11.5 Å². The van der Waals surface area contributed by atoms with Crippen LogP contribution in [0, 0.1) is 5.92 Å². The molecule has 1 aromatic carbocycles. The van der Waals surface area contributed by atoms with Gasteiger partial charge in [0.05, 0.1) is 14.2 Å². The lowest BCUT2D eigenvalue weighted by molar-refractivity contribution is 0.377. The number of hydrogen-bond donors (Lipinski definition) is 1. The van der Waals surface area contributed by atoms with Crippen LogP contribution in [0.2, 0.25) is 0 Å². The lowest BCUT2D eigenvalue weighted by atomic mass is 9.95. The molecule has 3 heteroatoms. The number of fused-ring (bicyclic) bond motifs is 1. The maximum absolute atomic E-state index is 5.58. The number of nitrogens with one attached hydrogen (secondary N) is 1. The molecule has 2 atom stereocenters.